The number of aromatic nitrogens is 4. The Kier molecular flexibility index (Phi) is 7.85. The minimum absolute atomic E-state index is 0.0211. The third-order valence-corrected chi connectivity index (χ3v) is 6.58. The van der Waals surface area contributed by atoms with Crippen molar-refractivity contribution in [1.82, 2.24) is 25.1 Å². The standard InChI is InChI=1S/C23H27ClN6O2S/c1-28(2)19-10-8-17(9-11-19)14-29(15-21-7-4-12-32-21)22(31)16-33-23-25-26-27-30(23)20-6-3-5-18(24)13-20/h3,5-6,8-11,13,21H,4,7,12,14-16H2,1-2H3. The molecule has 1 aliphatic rings. The Hall–Kier alpha value is -2.62. The molecule has 10 heteroatoms. The summed E-state index contributed by atoms with van der Waals surface area (Å²) >= 11 is 7.41. The van der Waals surface area contributed by atoms with Crippen LogP contribution in [0.3, 0.4) is 0 Å². The summed E-state index contributed by atoms with van der Waals surface area (Å²) in [5, 5.41) is 13.0. The second-order valence-corrected chi connectivity index (χ2v) is 9.49. The van der Waals surface area contributed by atoms with Gasteiger partial charge in [0.15, 0.2) is 0 Å². The van der Waals surface area contributed by atoms with E-state index in [2.05, 4.69) is 44.7 Å². The minimum Gasteiger partial charge on any atom is -0.378 e. The number of hydrogen-bond donors (Lipinski definition) is 0. The summed E-state index contributed by atoms with van der Waals surface area (Å²) in [6.07, 6.45) is 2.09. The third-order valence-electron chi connectivity index (χ3n) is 5.45. The fourth-order valence-corrected chi connectivity index (χ4v) is 4.64. The quantitative estimate of drug-likeness (QED) is 0.427. The van der Waals surface area contributed by atoms with Gasteiger partial charge in [-0.1, -0.05) is 41.6 Å². The molecular weight excluding hydrogens is 460 g/mol. The van der Waals surface area contributed by atoms with Gasteiger partial charge in [0, 0.05) is 44.5 Å². The minimum atomic E-state index is 0.0211. The molecule has 33 heavy (non-hydrogen) atoms. The maximum atomic E-state index is 13.2. The average Bonchev–Trinajstić information content (AvgIpc) is 3.49. The lowest BCUT2D eigenvalue weighted by atomic mass is 10.1. The Bertz CT molecular complexity index is 1070. The predicted molar refractivity (Wildman–Crippen MR) is 130 cm³/mol. The van der Waals surface area contributed by atoms with E-state index in [1.165, 1.54) is 11.8 Å². The first-order chi connectivity index (χ1) is 16.0. The van der Waals surface area contributed by atoms with Crippen molar-refractivity contribution >= 4 is 35.0 Å². The molecule has 0 N–H and O–H groups in total. The van der Waals surface area contributed by atoms with Gasteiger partial charge in [-0.05, 0) is 59.2 Å². The van der Waals surface area contributed by atoms with E-state index in [0.29, 0.717) is 23.3 Å². The van der Waals surface area contributed by atoms with Crippen LogP contribution in [-0.2, 0) is 16.1 Å². The molecule has 2 aromatic carbocycles. The molecule has 174 valence electrons. The highest BCUT2D eigenvalue weighted by Crippen LogP contribution is 2.22. The van der Waals surface area contributed by atoms with Crippen LogP contribution >= 0.6 is 23.4 Å². The van der Waals surface area contributed by atoms with E-state index in [1.54, 1.807) is 16.8 Å². The lowest BCUT2D eigenvalue weighted by molar-refractivity contribution is -0.130. The van der Waals surface area contributed by atoms with Crippen molar-refractivity contribution in [2.45, 2.75) is 30.6 Å². The Balaban J connectivity index is 1.45. The highest BCUT2D eigenvalue weighted by Gasteiger charge is 2.24. The first-order valence-electron chi connectivity index (χ1n) is 10.8. The van der Waals surface area contributed by atoms with E-state index >= 15 is 0 Å². The topological polar surface area (TPSA) is 76.4 Å². The Morgan fingerprint density at radius 1 is 1.24 bits per heavy atom. The zero-order valence-corrected chi connectivity index (χ0v) is 20.3. The zero-order valence-electron chi connectivity index (χ0n) is 18.7. The molecule has 3 aromatic rings. The molecule has 1 fully saturated rings. The van der Waals surface area contributed by atoms with Crippen molar-refractivity contribution in [2.24, 2.45) is 0 Å². The van der Waals surface area contributed by atoms with Gasteiger partial charge in [0.25, 0.3) is 0 Å². The van der Waals surface area contributed by atoms with Gasteiger partial charge in [-0.2, -0.15) is 4.68 Å². The molecule has 4 rings (SSSR count). The lowest BCUT2D eigenvalue weighted by Crippen LogP contribution is -2.38. The van der Waals surface area contributed by atoms with Crippen LogP contribution in [0.25, 0.3) is 5.69 Å². The van der Waals surface area contributed by atoms with Crippen LogP contribution in [0.15, 0.2) is 53.7 Å². The van der Waals surface area contributed by atoms with Gasteiger partial charge in [0.05, 0.1) is 17.5 Å². The Morgan fingerprint density at radius 2 is 2.06 bits per heavy atom. The van der Waals surface area contributed by atoms with E-state index in [-0.39, 0.29) is 17.8 Å². The Labute approximate surface area is 202 Å². The van der Waals surface area contributed by atoms with Gasteiger partial charge in [0.2, 0.25) is 11.1 Å². The highest BCUT2D eigenvalue weighted by molar-refractivity contribution is 7.99. The summed E-state index contributed by atoms with van der Waals surface area (Å²) in [6.45, 7) is 1.87. The normalized spacial score (nSPS) is 15.5. The van der Waals surface area contributed by atoms with E-state index in [4.69, 9.17) is 16.3 Å². The van der Waals surface area contributed by atoms with Crippen molar-refractivity contribution in [3.05, 3.63) is 59.1 Å². The van der Waals surface area contributed by atoms with Crippen LogP contribution in [0.2, 0.25) is 5.02 Å². The van der Waals surface area contributed by atoms with Crippen molar-refractivity contribution < 1.29 is 9.53 Å². The number of hydrogen-bond acceptors (Lipinski definition) is 7. The monoisotopic (exact) mass is 486 g/mol. The number of rotatable bonds is 9. The summed E-state index contributed by atoms with van der Waals surface area (Å²) in [5.41, 5.74) is 2.96. The molecule has 1 saturated heterocycles. The number of thioether (sulfide) groups is 1. The van der Waals surface area contributed by atoms with Crippen LogP contribution in [-0.4, -0.2) is 70.1 Å². The number of carbonyl (C=O) groups excluding carboxylic acids is 1. The van der Waals surface area contributed by atoms with Gasteiger partial charge >= 0.3 is 0 Å². The lowest BCUT2D eigenvalue weighted by Gasteiger charge is -2.26. The van der Waals surface area contributed by atoms with Crippen molar-refractivity contribution in [3.63, 3.8) is 0 Å². The van der Waals surface area contributed by atoms with Gasteiger partial charge in [0.1, 0.15) is 0 Å². The summed E-state index contributed by atoms with van der Waals surface area (Å²) < 4.78 is 7.40. The first kappa shape index (κ1) is 23.5. The van der Waals surface area contributed by atoms with Gasteiger partial charge in [-0.3, -0.25) is 4.79 Å². The largest absolute Gasteiger partial charge is 0.378 e. The van der Waals surface area contributed by atoms with Crippen molar-refractivity contribution in [3.8, 4) is 5.69 Å². The van der Waals surface area contributed by atoms with Gasteiger partial charge in [-0.25, -0.2) is 0 Å². The number of halogens is 1. The number of nitrogens with zero attached hydrogens (tertiary/aromatic N) is 6. The van der Waals surface area contributed by atoms with Crippen molar-refractivity contribution in [2.75, 3.05) is 37.9 Å². The van der Waals surface area contributed by atoms with Crippen LogP contribution in [0.5, 0.6) is 0 Å². The zero-order chi connectivity index (χ0) is 23.2. The molecule has 1 aromatic heterocycles. The molecule has 1 unspecified atom stereocenters. The Morgan fingerprint density at radius 3 is 2.76 bits per heavy atom. The second-order valence-electron chi connectivity index (χ2n) is 8.11. The summed E-state index contributed by atoms with van der Waals surface area (Å²) in [4.78, 5) is 17.2. The summed E-state index contributed by atoms with van der Waals surface area (Å²) in [5.74, 6) is 0.247. The molecule has 1 amide bonds. The number of tetrazole rings is 1. The summed E-state index contributed by atoms with van der Waals surface area (Å²) in [6, 6.07) is 15.6. The maximum Gasteiger partial charge on any atom is 0.233 e. The van der Waals surface area contributed by atoms with Gasteiger partial charge in [-0.15, -0.1) is 5.10 Å². The van der Waals surface area contributed by atoms with Gasteiger partial charge < -0.3 is 14.5 Å². The smallest absolute Gasteiger partial charge is 0.233 e. The fraction of sp³-hybridized carbons (Fsp3) is 0.391. The van der Waals surface area contributed by atoms with E-state index in [0.717, 1.165) is 36.4 Å². The van der Waals surface area contributed by atoms with E-state index in [1.807, 2.05) is 31.1 Å². The molecule has 1 aliphatic heterocycles. The molecule has 0 saturated carbocycles. The molecule has 8 nitrogen and oxygen atoms in total. The third kappa shape index (κ3) is 6.25. The number of carbonyl (C=O) groups is 1. The van der Waals surface area contributed by atoms with Crippen molar-refractivity contribution in [1.29, 1.82) is 0 Å². The summed E-state index contributed by atoms with van der Waals surface area (Å²) in [7, 11) is 4.02. The number of ether oxygens (including phenoxy) is 1. The first-order valence-corrected chi connectivity index (χ1v) is 12.2. The maximum absolute atomic E-state index is 13.2. The molecule has 0 spiro atoms. The predicted octanol–water partition coefficient (Wildman–Crippen LogP) is 3.68. The number of benzene rings is 2. The second kappa shape index (κ2) is 11.0. The highest BCUT2D eigenvalue weighted by atomic mass is 35.5. The van der Waals surface area contributed by atoms with Crippen LogP contribution < -0.4 is 4.90 Å². The molecule has 2 heterocycles. The van der Waals surface area contributed by atoms with Crippen LogP contribution in [0, 0.1) is 0 Å². The molecule has 1 atom stereocenters. The number of anilines is 1. The molecule has 0 aliphatic carbocycles. The molecular formula is C23H27ClN6O2S. The van der Waals surface area contributed by atoms with Crippen LogP contribution in [0.4, 0.5) is 5.69 Å². The molecule has 0 radical (unpaired) electrons. The molecule has 0 bridgehead atoms. The number of amides is 1. The van der Waals surface area contributed by atoms with E-state index < -0.39 is 0 Å². The van der Waals surface area contributed by atoms with Crippen LogP contribution in [0.1, 0.15) is 18.4 Å². The SMILES string of the molecule is CN(C)c1ccc(CN(CC2CCCO2)C(=O)CSc2nnnn2-c2cccc(Cl)c2)cc1. The average molecular weight is 487 g/mol. The van der Waals surface area contributed by atoms with E-state index in [9.17, 15) is 4.79 Å². The fourth-order valence-electron chi connectivity index (χ4n) is 3.66.